The fourth-order valence-corrected chi connectivity index (χ4v) is 1.96. The van der Waals surface area contributed by atoms with Crippen molar-refractivity contribution < 1.29 is 9.47 Å². The van der Waals surface area contributed by atoms with Crippen LogP contribution in [-0.2, 0) is 13.1 Å². The molecule has 19 heavy (non-hydrogen) atoms. The molecule has 0 amide bonds. The summed E-state index contributed by atoms with van der Waals surface area (Å²) >= 11 is 6.12. The third kappa shape index (κ3) is 3.33. The van der Waals surface area contributed by atoms with Crippen LogP contribution in [0.1, 0.15) is 11.4 Å². The zero-order chi connectivity index (χ0) is 13.7. The van der Waals surface area contributed by atoms with Gasteiger partial charge in [-0.25, -0.2) is 0 Å². The van der Waals surface area contributed by atoms with E-state index in [0.29, 0.717) is 35.4 Å². The van der Waals surface area contributed by atoms with E-state index in [9.17, 15) is 0 Å². The number of aromatic nitrogens is 4. The van der Waals surface area contributed by atoms with Gasteiger partial charge in [-0.1, -0.05) is 16.8 Å². The van der Waals surface area contributed by atoms with Crippen LogP contribution in [0.25, 0.3) is 0 Å². The number of benzene rings is 1. The first-order chi connectivity index (χ1) is 9.24. The predicted octanol–water partition coefficient (Wildman–Crippen LogP) is 1.16. The molecule has 0 aliphatic carbocycles. The SMILES string of the molecule is COc1cc(CNCc2nn[nH]n2)cc(Cl)c1OC. The Morgan fingerprint density at radius 2 is 2.11 bits per heavy atom. The van der Waals surface area contributed by atoms with Crippen molar-refractivity contribution in [3.05, 3.63) is 28.5 Å². The average molecular weight is 284 g/mol. The second-order valence-corrected chi connectivity index (χ2v) is 4.15. The summed E-state index contributed by atoms with van der Waals surface area (Å²) in [5.74, 6) is 1.74. The monoisotopic (exact) mass is 283 g/mol. The fraction of sp³-hybridized carbons (Fsp3) is 0.364. The van der Waals surface area contributed by atoms with E-state index in [1.807, 2.05) is 12.1 Å². The third-order valence-corrected chi connectivity index (χ3v) is 2.78. The van der Waals surface area contributed by atoms with Crippen molar-refractivity contribution in [3.63, 3.8) is 0 Å². The number of rotatable bonds is 6. The Morgan fingerprint density at radius 3 is 2.74 bits per heavy atom. The predicted molar refractivity (Wildman–Crippen MR) is 69.3 cm³/mol. The van der Waals surface area contributed by atoms with Crippen molar-refractivity contribution in [2.45, 2.75) is 13.1 Å². The smallest absolute Gasteiger partial charge is 0.188 e. The number of hydrogen-bond donors (Lipinski definition) is 2. The van der Waals surface area contributed by atoms with E-state index in [0.717, 1.165) is 5.56 Å². The van der Waals surface area contributed by atoms with Gasteiger partial charge in [-0.05, 0) is 17.7 Å². The van der Waals surface area contributed by atoms with Crippen molar-refractivity contribution in [3.8, 4) is 11.5 Å². The molecule has 0 spiro atoms. The van der Waals surface area contributed by atoms with E-state index in [2.05, 4.69) is 25.9 Å². The lowest BCUT2D eigenvalue weighted by Crippen LogP contribution is -2.14. The molecule has 0 bridgehead atoms. The summed E-state index contributed by atoms with van der Waals surface area (Å²) in [4.78, 5) is 0. The molecule has 0 atom stereocenters. The normalized spacial score (nSPS) is 10.5. The van der Waals surface area contributed by atoms with Crippen LogP contribution in [0, 0.1) is 0 Å². The first-order valence-electron chi connectivity index (χ1n) is 5.58. The Morgan fingerprint density at radius 1 is 1.26 bits per heavy atom. The van der Waals surface area contributed by atoms with Crippen molar-refractivity contribution in [2.24, 2.45) is 0 Å². The molecule has 0 aliphatic heterocycles. The Hall–Kier alpha value is -1.86. The summed E-state index contributed by atoms with van der Waals surface area (Å²) in [7, 11) is 3.13. The number of methoxy groups -OCH3 is 2. The molecular formula is C11H14ClN5O2. The maximum absolute atomic E-state index is 6.12. The highest BCUT2D eigenvalue weighted by molar-refractivity contribution is 6.32. The lowest BCUT2D eigenvalue weighted by atomic mass is 10.2. The molecule has 0 fully saturated rings. The molecule has 0 saturated heterocycles. The number of hydrogen-bond acceptors (Lipinski definition) is 6. The van der Waals surface area contributed by atoms with E-state index < -0.39 is 0 Å². The molecular weight excluding hydrogens is 270 g/mol. The van der Waals surface area contributed by atoms with Crippen LogP contribution in [0.15, 0.2) is 12.1 Å². The Bertz CT molecular complexity index is 532. The number of nitrogens with zero attached hydrogens (tertiary/aromatic N) is 3. The van der Waals surface area contributed by atoms with Gasteiger partial charge in [-0.15, -0.1) is 10.2 Å². The zero-order valence-corrected chi connectivity index (χ0v) is 11.4. The molecule has 7 nitrogen and oxygen atoms in total. The van der Waals surface area contributed by atoms with Crippen molar-refractivity contribution in [1.82, 2.24) is 25.9 Å². The highest BCUT2D eigenvalue weighted by Crippen LogP contribution is 2.35. The van der Waals surface area contributed by atoms with Crippen LogP contribution in [0.4, 0.5) is 0 Å². The number of ether oxygens (including phenoxy) is 2. The van der Waals surface area contributed by atoms with Crippen LogP contribution in [0.5, 0.6) is 11.5 Å². The lowest BCUT2D eigenvalue weighted by Gasteiger charge is -2.11. The van der Waals surface area contributed by atoms with E-state index >= 15 is 0 Å². The van der Waals surface area contributed by atoms with Gasteiger partial charge in [0.2, 0.25) is 0 Å². The molecule has 8 heteroatoms. The molecule has 1 aromatic carbocycles. The van der Waals surface area contributed by atoms with Gasteiger partial charge in [0, 0.05) is 6.54 Å². The molecule has 0 radical (unpaired) electrons. The van der Waals surface area contributed by atoms with Crippen molar-refractivity contribution in [1.29, 1.82) is 0 Å². The summed E-state index contributed by atoms with van der Waals surface area (Å²) in [5, 5.41) is 17.3. The van der Waals surface area contributed by atoms with E-state index in [4.69, 9.17) is 21.1 Å². The first kappa shape index (κ1) is 13.6. The molecule has 102 valence electrons. The largest absolute Gasteiger partial charge is 0.493 e. The Kier molecular flexibility index (Phi) is 4.53. The van der Waals surface area contributed by atoms with E-state index in [1.165, 1.54) is 0 Å². The number of nitrogens with one attached hydrogen (secondary N) is 2. The first-order valence-corrected chi connectivity index (χ1v) is 5.96. The van der Waals surface area contributed by atoms with Crippen LogP contribution < -0.4 is 14.8 Å². The minimum atomic E-state index is 0.512. The Balaban J connectivity index is 2.02. The second kappa shape index (κ2) is 6.35. The van der Waals surface area contributed by atoms with Gasteiger partial charge in [0.25, 0.3) is 0 Å². The molecule has 0 saturated carbocycles. The second-order valence-electron chi connectivity index (χ2n) is 3.74. The number of halogens is 1. The summed E-state index contributed by atoms with van der Waals surface area (Å²) in [6.45, 7) is 1.12. The highest BCUT2D eigenvalue weighted by atomic mass is 35.5. The lowest BCUT2D eigenvalue weighted by molar-refractivity contribution is 0.354. The number of tetrazole rings is 1. The van der Waals surface area contributed by atoms with Gasteiger partial charge in [0.1, 0.15) is 0 Å². The highest BCUT2D eigenvalue weighted by Gasteiger charge is 2.10. The molecule has 2 rings (SSSR count). The molecule has 1 aromatic heterocycles. The van der Waals surface area contributed by atoms with Gasteiger partial charge < -0.3 is 14.8 Å². The minimum absolute atomic E-state index is 0.512. The van der Waals surface area contributed by atoms with Crippen molar-refractivity contribution in [2.75, 3.05) is 14.2 Å². The van der Waals surface area contributed by atoms with Crippen LogP contribution in [0.3, 0.4) is 0 Å². The zero-order valence-electron chi connectivity index (χ0n) is 10.6. The van der Waals surface area contributed by atoms with Crippen molar-refractivity contribution >= 4 is 11.6 Å². The van der Waals surface area contributed by atoms with Gasteiger partial charge in [0.05, 0.1) is 25.8 Å². The number of aromatic amines is 1. The quantitative estimate of drug-likeness (QED) is 0.827. The van der Waals surface area contributed by atoms with E-state index in [1.54, 1.807) is 14.2 Å². The van der Waals surface area contributed by atoms with Gasteiger partial charge >= 0.3 is 0 Å². The summed E-state index contributed by atoms with van der Waals surface area (Å²) in [5.41, 5.74) is 0.978. The van der Waals surface area contributed by atoms with Crippen LogP contribution in [0.2, 0.25) is 5.02 Å². The summed E-state index contributed by atoms with van der Waals surface area (Å²) < 4.78 is 10.4. The van der Waals surface area contributed by atoms with Gasteiger partial charge in [-0.2, -0.15) is 5.21 Å². The standard InChI is InChI=1S/C11H14ClN5O2/c1-18-9-4-7(3-8(12)11(9)19-2)5-13-6-10-14-16-17-15-10/h3-4,13H,5-6H2,1-2H3,(H,14,15,16,17). The molecule has 0 aliphatic rings. The molecule has 2 N–H and O–H groups in total. The fourth-order valence-electron chi connectivity index (χ4n) is 1.65. The van der Waals surface area contributed by atoms with Crippen LogP contribution >= 0.6 is 11.6 Å². The molecule has 1 heterocycles. The maximum atomic E-state index is 6.12. The molecule has 0 unspecified atom stereocenters. The Labute approximate surface area is 115 Å². The van der Waals surface area contributed by atoms with E-state index in [-0.39, 0.29) is 0 Å². The molecule has 2 aromatic rings. The topological polar surface area (TPSA) is 85.0 Å². The summed E-state index contributed by atoms with van der Waals surface area (Å²) in [6.07, 6.45) is 0. The van der Waals surface area contributed by atoms with Gasteiger partial charge in [0.15, 0.2) is 17.3 Å². The average Bonchev–Trinajstić information content (AvgIpc) is 2.91. The maximum Gasteiger partial charge on any atom is 0.188 e. The third-order valence-electron chi connectivity index (χ3n) is 2.49. The van der Waals surface area contributed by atoms with Crippen LogP contribution in [-0.4, -0.2) is 34.8 Å². The summed E-state index contributed by atoms with van der Waals surface area (Å²) in [6, 6.07) is 3.69. The van der Waals surface area contributed by atoms with Gasteiger partial charge in [-0.3, -0.25) is 0 Å². The number of H-pyrrole nitrogens is 1. The minimum Gasteiger partial charge on any atom is -0.493 e.